The minimum atomic E-state index is -0.495. The molecule has 1 aliphatic carbocycles. The highest BCUT2D eigenvalue weighted by Crippen LogP contribution is 2.37. The van der Waals surface area contributed by atoms with Crippen molar-refractivity contribution in [1.29, 1.82) is 0 Å². The van der Waals surface area contributed by atoms with Crippen LogP contribution < -0.4 is 10.2 Å². The molecule has 10 nitrogen and oxygen atoms in total. The van der Waals surface area contributed by atoms with Gasteiger partial charge in [-0.1, -0.05) is 18.2 Å². The number of allylic oxidation sites excluding steroid dienone is 1. The Balaban J connectivity index is 1.46. The number of piperazine rings is 1. The molecular weight excluding hydrogens is 560 g/mol. The van der Waals surface area contributed by atoms with Gasteiger partial charge in [-0.3, -0.25) is 14.5 Å². The molecule has 1 fully saturated rings. The van der Waals surface area contributed by atoms with E-state index in [-0.39, 0.29) is 18.1 Å². The molecule has 1 amide bonds. The van der Waals surface area contributed by atoms with Gasteiger partial charge in [-0.05, 0) is 72.3 Å². The van der Waals surface area contributed by atoms with E-state index in [9.17, 15) is 19.2 Å². The number of esters is 2. The number of ketones is 1. The number of carbonyl (C=O) groups excluding carboxylic acids is 4. The van der Waals surface area contributed by atoms with Crippen LogP contribution in [0, 0.1) is 0 Å². The highest BCUT2D eigenvalue weighted by Gasteiger charge is 2.30. The summed E-state index contributed by atoms with van der Waals surface area (Å²) in [5, 5.41) is 3.41. The molecule has 0 spiro atoms. The zero-order valence-corrected chi connectivity index (χ0v) is 25.4. The molecule has 1 saturated heterocycles. The van der Waals surface area contributed by atoms with Gasteiger partial charge in [0, 0.05) is 56.6 Å². The van der Waals surface area contributed by atoms with Gasteiger partial charge in [-0.2, -0.15) is 0 Å². The van der Waals surface area contributed by atoms with Crippen LogP contribution in [-0.2, 0) is 25.5 Å². The smallest absolute Gasteiger partial charge is 0.337 e. The van der Waals surface area contributed by atoms with Crippen LogP contribution in [0.1, 0.15) is 37.4 Å². The highest BCUT2D eigenvalue weighted by molar-refractivity contribution is 6.32. The summed E-state index contributed by atoms with van der Waals surface area (Å²) in [6.07, 6.45) is 0.191. The van der Waals surface area contributed by atoms with E-state index in [1.165, 1.54) is 14.2 Å². The van der Waals surface area contributed by atoms with Crippen LogP contribution in [0.4, 0.5) is 11.4 Å². The normalized spacial score (nSPS) is 16.2. The van der Waals surface area contributed by atoms with Crippen LogP contribution in [-0.4, -0.2) is 94.5 Å². The number of anilines is 2. The zero-order valence-electron chi connectivity index (χ0n) is 25.4. The fourth-order valence-corrected chi connectivity index (χ4v) is 5.42. The molecule has 2 aliphatic rings. The standard InChI is InChI=1S/C34H36N4O6/c1-36-15-17-38(18-16-36)21-30(40)37(2)27-13-11-26(12-14-27)35-32(22-5-7-23(8-6-22)33(41)43-3)31-28-19-25(34(42)44-4)10-9-24(28)20-29(31)39/h5-14,19,35H,15-18,20-21H2,1-4H3/b32-31-. The van der Waals surface area contributed by atoms with Crippen molar-refractivity contribution < 1.29 is 28.7 Å². The molecule has 228 valence electrons. The molecule has 1 aliphatic heterocycles. The van der Waals surface area contributed by atoms with E-state index in [4.69, 9.17) is 9.47 Å². The average Bonchev–Trinajstić information content (AvgIpc) is 3.38. The second-order valence-electron chi connectivity index (χ2n) is 11.0. The van der Waals surface area contributed by atoms with Crippen molar-refractivity contribution in [2.45, 2.75) is 6.42 Å². The number of ether oxygens (including phenoxy) is 2. The molecule has 1 N–H and O–H groups in total. The Morgan fingerprint density at radius 1 is 0.818 bits per heavy atom. The van der Waals surface area contributed by atoms with Crippen molar-refractivity contribution in [2.24, 2.45) is 0 Å². The Bertz CT molecular complexity index is 1610. The number of likely N-dealkylation sites (N-methyl/N-ethyl adjacent to an activating group) is 2. The number of methoxy groups -OCH3 is 2. The monoisotopic (exact) mass is 596 g/mol. The van der Waals surface area contributed by atoms with Crippen LogP contribution in [0.25, 0.3) is 11.3 Å². The van der Waals surface area contributed by atoms with E-state index in [2.05, 4.69) is 22.2 Å². The van der Waals surface area contributed by atoms with Crippen LogP contribution in [0.15, 0.2) is 66.7 Å². The Hall–Kier alpha value is -4.80. The van der Waals surface area contributed by atoms with Crippen molar-refractivity contribution >= 4 is 46.3 Å². The average molecular weight is 597 g/mol. The van der Waals surface area contributed by atoms with Crippen molar-refractivity contribution in [3.8, 4) is 0 Å². The fraction of sp³-hybridized carbons (Fsp3) is 0.294. The van der Waals surface area contributed by atoms with Gasteiger partial charge in [0.1, 0.15) is 0 Å². The molecular formula is C34H36N4O6. The Kier molecular flexibility index (Phi) is 9.22. The lowest BCUT2D eigenvalue weighted by Gasteiger charge is -2.32. The van der Waals surface area contributed by atoms with Gasteiger partial charge in [0.15, 0.2) is 5.78 Å². The summed E-state index contributed by atoms with van der Waals surface area (Å²) in [7, 11) is 6.48. The first kappa shape index (κ1) is 30.7. The first-order chi connectivity index (χ1) is 21.2. The number of hydrogen-bond donors (Lipinski definition) is 1. The Morgan fingerprint density at radius 2 is 1.41 bits per heavy atom. The van der Waals surface area contributed by atoms with Crippen molar-refractivity contribution in [3.63, 3.8) is 0 Å². The summed E-state index contributed by atoms with van der Waals surface area (Å²) in [6, 6.07) is 19.3. The van der Waals surface area contributed by atoms with E-state index >= 15 is 0 Å². The van der Waals surface area contributed by atoms with Gasteiger partial charge >= 0.3 is 11.9 Å². The number of nitrogens with one attached hydrogen (secondary N) is 1. The van der Waals surface area contributed by atoms with Crippen molar-refractivity contribution in [2.75, 3.05) is 71.3 Å². The second-order valence-corrected chi connectivity index (χ2v) is 11.0. The van der Waals surface area contributed by atoms with Gasteiger partial charge in [-0.25, -0.2) is 9.59 Å². The number of benzene rings is 3. The third kappa shape index (κ3) is 6.56. The van der Waals surface area contributed by atoms with Crippen molar-refractivity contribution in [1.82, 2.24) is 9.80 Å². The van der Waals surface area contributed by atoms with Crippen molar-refractivity contribution in [3.05, 3.63) is 94.5 Å². The van der Waals surface area contributed by atoms with E-state index in [1.54, 1.807) is 54.4 Å². The number of nitrogens with zero attached hydrogens (tertiary/aromatic N) is 3. The minimum absolute atomic E-state index is 0.0123. The summed E-state index contributed by atoms with van der Waals surface area (Å²) in [5.41, 5.74) is 5.23. The van der Waals surface area contributed by atoms with E-state index in [1.807, 2.05) is 24.3 Å². The maximum absolute atomic E-state index is 13.5. The lowest BCUT2D eigenvalue weighted by Crippen LogP contribution is -2.48. The van der Waals surface area contributed by atoms with Crippen LogP contribution in [0.2, 0.25) is 0 Å². The molecule has 3 aromatic carbocycles. The van der Waals surface area contributed by atoms with Gasteiger partial charge in [-0.15, -0.1) is 0 Å². The maximum Gasteiger partial charge on any atom is 0.337 e. The predicted molar refractivity (Wildman–Crippen MR) is 168 cm³/mol. The largest absolute Gasteiger partial charge is 0.465 e. The molecule has 0 bridgehead atoms. The molecule has 5 rings (SSSR count). The molecule has 1 heterocycles. The van der Waals surface area contributed by atoms with Crippen LogP contribution in [0.3, 0.4) is 0 Å². The number of fused-ring (bicyclic) bond motifs is 1. The second kappa shape index (κ2) is 13.2. The summed E-state index contributed by atoms with van der Waals surface area (Å²) < 4.78 is 9.75. The van der Waals surface area contributed by atoms with E-state index in [0.29, 0.717) is 45.8 Å². The molecule has 10 heteroatoms. The van der Waals surface area contributed by atoms with E-state index in [0.717, 1.165) is 37.4 Å². The maximum atomic E-state index is 13.5. The molecule has 0 unspecified atom stereocenters. The Labute approximate surface area is 256 Å². The third-order valence-electron chi connectivity index (χ3n) is 8.13. The van der Waals surface area contributed by atoms with Gasteiger partial charge < -0.3 is 24.6 Å². The third-order valence-corrected chi connectivity index (χ3v) is 8.13. The molecule has 0 saturated carbocycles. The minimum Gasteiger partial charge on any atom is -0.465 e. The fourth-order valence-electron chi connectivity index (χ4n) is 5.42. The summed E-state index contributed by atoms with van der Waals surface area (Å²) in [4.78, 5) is 56.9. The van der Waals surface area contributed by atoms with Crippen LogP contribution >= 0.6 is 0 Å². The molecule has 0 radical (unpaired) electrons. The zero-order chi connectivity index (χ0) is 31.4. The predicted octanol–water partition coefficient (Wildman–Crippen LogP) is 3.58. The first-order valence-corrected chi connectivity index (χ1v) is 14.4. The van der Waals surface area contributed by atoms with Gasteiger partial charge in [0.25, 0.3) is 0 Å². The summed E-state index contributed by atoms with van der Waals surface area (Å²) >= 11 is 0. The topological polar surface area (TPSA) is 108 Å². The van der Waals surface area contributed by atoms with Crippen LogP contribution in [0.5, 0.6) is 0 Å². The lowest BCUT2D eigenvalue weighted by molar-refractivity contribution is -0.119. The first-order valence-electron chi connectivity index (χ1n) is 14.4. The SMILES string of the molecule is COC(=O)c1ccc(/C(Nc2ccc(N(C)C(=O)CN3CCN(C)CC3)cc2)=C2/C(=O)Cc3ccc(C(=O)OC)cc32)cc1. The van der Waals surface area contributed by atoms with Gasteiger partial charge in [0.05, 0.1) is 37.6 Å². The molecule has 0 atom stereocenters. The quantitative estimate of drug-likeness (QED) is 0.308. The molecule has 0 aromatic heterocycles. The van der Waals surface area contributed by atoms with Gasteiger partial charge in [0.2, 0.25) is 5.91 Å². The molecule has 3 aromatic rings. The number of hydrogen-bond acceptors (Lipinski definition) is 9. The number of amides is 1. The summed E-state index contributed by atoms with van der Waals surface area (Å²) in [6.45, 7) is 3.96. The molecule has 44 heavy (non-hydrogen) atoms. The number of Topliss-reactive ketones (excluding diaryl/α,β-unsaturated/α-hetero) is 1. The number of carbonyl (C=O) groups is 4. The highest BCUT2D eigenvalue weighted by atomic mass is 16.5. The lowest BCUT2D eigenvalue weighted by atomic mass is 9.97. The summed E-state index contributed by atoms with van der Waals surface area (Å²) in [5.74, 6) is -1.05. The Morgan fingerprint density at radius 3 is 2.05 bits per heavy atom. The number of rotatable bonds is 8. The van der Waals surface area contributed by atoms with E-state index < -0.39 is 11.9 Å².